The molecule has 4 nitrogen and oxygen atoms in total. The largest absolute Gasteiger partial charge is 0.460 e. The zero-order valence-electron chi connectivity index (χ0n) is 10.5. The third-order valence-corrected chi connectivity index (χ3v) is 3.22. The molecule has 2 aromatic heterocycles. The Hall–Kier alpha value is -2.27. The second-order valence-electron chi connectivity index (χ2n) is 4.28. The lowest BCUT2D eigenvalue weighted by molar-refractivity contribution is 0.435. The number of nitrogen functional groups attached to an aromatic ring is 1. The molecular formula is C14H10ClFN2O2. The molecular weight excluding hydrogens is 283 g/mol. The van der Waals surface area contributed by atoms with Crippen molar-refractivity contribution in [3.8, 4) is 22.6 Å². The zero-order valence-corrected chi connectivity index (χ0v) is 11.2. The summed E-state index contributed by atoms with van der Waals surface area (Å²) in [5.74, 6) is 0.627. The van der Waals surface area contributed by atoms with E-state index >= 15 is 0 Å². The highest BCUT2D eigenvalue weighted by Crippen LogP contribution is 2.41. The van der Waals surface area contributed by atoms with Crippen molar-refractivity contribution in [3.05, 3.63) is 46.9 Å². The number of furan rings is 1. The summed E-state index contributed by atoms with van der Waals surface area (Å²) in [4.78, 5) is 0. The fourth-order valence-corrected chi connectivity index (χ4v) is 2.27. The van der Waals surface area contributed by atoms with E-state index in [0.29, 0.717) is 22.8 Å². The minimum atomic E-state index is -0.503. The molecule has 0 saturated heterocycles. The van der Waals surface area contributed by atoms with Gasteiger partial charge in [0.1, 0.15) is 11.6 Å². The highest BCUT2D eigenvalue weighted by atomic mass is 35.5. The number of benzene rings is 1. The van der Waals surface area contributed by atoms with E-state index in [0.717, 1.165) is 0 Å². The molecule has 0 unspecified atom stereocenters. The first kappa shape index (κ1) is 12.7. The van der Waals surface area contributed by atoms with Crippen LogP contribution in [0.2, 0.25) is 5.02 Å². The Morgan fingerprint density at radius 1 is 1.20 bits per heavy atom. The van der Waals surface area contributed by atoms with E-state index in [9.17, 15) is 4.39 Å². The highest BCUT2D eigenvalue weighted by molar-refractivity contribution is 6.33. The van der Waals surface area contributed by atoms with Gasteiger partial charge in [-0.3, -0.25) is 0 Å². The predicted molar refractivity (Wildman–Crippen MR) is 73.8 cm³/mol. The van der Waals surface area contributed by atoms with Crippen molar-refractivity contribution in [2.75, 3.05) is 5.73 Å². The van der Waals surface area contributed by atoms with Crippen LogP contribution in [-0.4, -0.2) is 5.16 Å². The van der Waals surface area contributed by atoms with Gasteiger partial charge >= 0.3 is 0 Å². The van der Waals surface area contributed by atoms with Crippen LogP contribution in [0.1, 0.15) is 5.76 Å². The third-order valence-electron chi connectivity index (χ3n) is 2.90. The van der Waals surface area contributed by atoms with Crippen LogP contribution in [0.25, 0.3) is 22.6 Å². The fourth-order valence-electron chi connectivity index (χ4n) is 2.01. The van der Waals surface area contributed by atoms with Gasteiger partial charge in [-0.1, -0.05) is 22.8 Å². The molecule has 6 heteroatoms. The standard InChI is InChI=1S/C14H10ClFN2O2/c1-7-5-6-10(19-7)13-12(14(17)20-18-13)11-8(15)3-2-4-9(11)16/h2-6H,17H2,1H3. The van der Waals surface area contributed by atoms with E-state index in [1.807, 2.05) is 0 Å². The molecule has 0 amide bonds. The van der Waals surface area contributed by atoms with Crippen molar-refractivity contribution in [2.24, 2.45) is 0 Å². The smallest absolute Gasteiger partial charge is 0.230 e. The van der Waals surface area contributed by atoms with Crippen molar-refractivity contribution in [1.29, 1.82) is 0 Å². The van der Waals surface area contributed by atoms with Gasteiger partial charge in [0.2, 0.25) is 5.88 Å². The van der Waals surface area contributed by atoms with E-state index in [1.54, 1.807) is 25.1 Å². The number of hydrogen-bond acceptors (Lipinski definition) is 4. The number of nitrogens with zero attached hydrogens (tertiary/aromatic N) is 1. The minimum absolute atomic E-state index is 0.0129. The third kappa shape index (κ3) is 1.96. The molecule has 1 aromatic carbocycles. The van der Waals surface area contributed by atoms with Crippen LogP contribution in [-0.2, 0) is 0 Å². The van der Waals surface area contributed by atoms with Crippen molar-refractivity contribution >= 4 is 17.5 Å². The summed E-state index contributed by atoms with van der Waals surface area (Å²) in [5.41, 5.74) is 6.52. The van der Waals surface area contributed by atoms with Crippen LogP contribution in [0.15, 0.2) is 39.3 Å². The van der Waals surface area contributed by atoms with E-state index in [1.165, 1.54) is 12.1 Å². The number of aryl methyl sites for hydroxylation is 1. The Labute approximate surface area is 118 Å². The molecule has 0 fully saturated rings. The predicted octanol–water partition coefficient (Wildman–Crippen LogP) is 4.28. The number of aromatic nitrogens is 1. The number of nitrogens with two attached hydrogens (primary N) is 1. The molecule has 0 aliphatic rings. The molecule has 0 atom stereocenters. The van der Waals surface area contributed by atoms with Crippen LogP contribution in [0.3, 0.4) is 0 Å². The Bertz CT molecular complexity index is 759. The molecule has 0 aliphatic carbocycles. The maximum atomic E-state index is 14.1. The van der Waals surface area contributed by atoms with Crippen LogP contribution in [0.5, 0.6) is 0 Å². The van der Waals surface area contributed by atoms with Gasteiger partial charge in [-0.2, -0.15) is 0 Å². The monoisotopic (exact) mass is 292 g/mol. The Balaban J connectivity index is 2.27. The van der Waals surface area contributed by atoms with Gasteiger partial charge < -0.3 is 14.7 Å². The normalized spacial score (nSPS) is 10.9. The van der Waals surface area contributed by atoms with Gasteiger partial charge in [-0.25, -0.2) is 4.39 Å². The molecule has 20 heavy (non-hydrogen) atoms. The fraction of sp³-hybridized carbons (Fsp3) is 0.0714. The second kappa shape index (κ2) is 4.68. The summed E-state index contributed by atoms with van der Waals surface area (Å²) < 4.78 is 24.5. The maximum absolute atomic E-state index is 14.1. The molecule has 0 aliphatic heterocycles. The lowest BCUT2D eigenvalue weighted by atomic mass is 10.0. The summed E-state index contributed by atoms with van der Waals surface area (Å²) in [7, 11) is 0. The number of hydrogen-bond donors (Lipinski definition) is 1. The molecule has 2 N–H and O–H groups in total. The minimum Gasteiger partial charge on any atom is -0.460 e. The second-order valence-corrected chi connectivity index (χ2v) is 4.68. The number of halogens is 2. The van der Waals surface area contributed by atoms with Gasteiger partial charge in [-0.15, -0.1) is 0 Å². The molecule has 3 rings (SSSR count). The van der Waals surface area contributed by atoms with Crippen LogP contribution in [0.4, 0.5) is 10.3 Å². The number of rotatable bonds is 2. The van der Waals surface area contributed by atoms with Crippen molar-refractivity contribution in [2.45, 2.75) is 6.92 Å². The van der Waals surface area contributed by atoms with Gasteiger partial charge in [0.05, 0.1) is 10.6 Å². The van der Waals surface area contributed by atoms with Crippen molar-refractivity contribution < 1.29 is 13.3 Å². The summed E-state index contributed by atoms with van der Waals surface area (Å²) in [5, 5.41) is 4.07. The average Bonchev–Trinajstić information content (AvgIpc) is 2.97. The molecule has 0 spiro atoms. The highest BCUT2D eigenvalue weighted by Gasteiger charge is 2.24. The SMILES string of the molecule is Cc1ccc(-c2noc(N)c2-c2c(F)cccc2Cl)o1. The van der Waals surface area contributed by atoms with Gasteiger partial charge in [0.25, 0.3) is 0 Å². The molecule has 2 heterocycles. The van der Waals surface area contributed by atoms with Crippen LogP contribution in [0, 0.1) is 12.7 Å². The summed E-state index contributed by atoms with van der Waals surface area (Å²) in [6, 6.07) is 7.87. The zero-order chi connectivity index (χ0) is 14.3. The first-order valence-corrected chi connectivity index (χ1v) is 6.22. The van der Waals surface area contributed by atoms with E-state index < -0.39 is 5.82 Å². The molecule has 3 aromatic rings. The maximum Gasteiger partial charge on any atom is 0.230 e. The summed E-state index contributed by atoms with van der Waals surface area (Å²) in [6.07, 6.45) is 0. The first-order valence-electron chi connectivity index (χ1n) is 5.84. The van der Waals surface area contributed by atoms with Gasteiger partial charge in [0, 0.05) is 5.56 Å². The summed E-state index contributed by atoms with van der Waals surface area (Å²) in [6.45, 7) is 1.79. The van der Waals surface area contributed by atoms with E-state index in [4.69, 9.17) is 26.3 Å². The molecule has 0 saturated carbocycles. The van der Waals surface area contributed by atoms with Gasteiger partial charge in [-0.05, 0) is 31.2 Å². The lowest BCUT2D eigenvalue weighted by Gasteiger charge is -2.05. The topological polar surface area (TPSA) is 65.2 Å². The quantitative estimate of drug-likeness (QED) is 0.765. The molecule has 0 bridgehead atoms. The lowest BCUT2D eigenvalue weighted by Crippen LogP contribution is -1.91. The van der Waals surface area contributed by atoms with Gasteiger partial charge in [0.15, 0.2) is 11.5 Å². The van der Waals surface area contributed by atoms with E-state index in [2.05, 4.69) is 5.16 Å². The van der Waals surface area contributed by atoms with Crippen molar-refractivity contribution in [1.82, 2.24) is 5.16 Å². The molecule has 102 valence electrons. The Morgan fingerprint density at radius 3 is 2.65 bits per heavy atom. The first-order chi connectivity index (χ1) is 9.58. The van der Waals surface area contributed by atoms with E-state index in [-0.39, 0.29) is 16.5 Å². The van der Waals surface area contributed by atoms with Crippen molar-refractivity contribution in [3.63, 3.8) is 0 Å². The number of anilines is 1. The summed E-state index contributed by atoms with van der Waals surface area (Å²) >= 11 is 6.06. The molecule has 0 radical (unpaired) electrons. The van der Waals surface area contributed by atoms with Crippen LogP contribution < -0.4 is 5.73 Å². The Morgan fingerprint density at radius 2 is 2.00 bits per heavy atom. The average molecular weight is 293 g/mol. The Kier molecular flexibility index (Phi) is 2.99. The van der Waals surface area contributed by atoms with Crippen LogP contribution >= 0.6 is 11.6 Å².